The zero-order valence-corrected chi connectivity index (χ0v) is 12.1. The first-order valence-corrected chi connectivity index (χ1v) is 6.59. The van der Waals surface area contributed by atoms with Gasteiger partial charge in [0.05, 0.1) is 4.47 Å². The first-order chi connectivity index (χ1) is 8.91. The maximum atomic E-state index is 13.5. The molecule has 0 amide bonds. The predicted molar refractivity (Wildman–Crippen MR) is 74.0 cm³/mol. The van der Waals surface area contributed by atoms with E-state index in [0.29, 0.717) is 11.1 Å². The lowest BCUT2D eigenvalue weighted by Crippen LogP contribution is -2.05. The van der Waals surface area contributed by atoms with Crippen LogP contribution < -0.4 is 0 Å². The highest BCUT2D eigenvalue weighted by atomic mass is 79.9. The number of hydrogen-bond acceptors (Lipinski definition) is 1. The van der Waals surface area contributed by atoms with Crippen molar-refractivity contribution in [1.29, 1.82) is 0 Å². The fourth-order valence-corrected chi connectivity index (χ4v) is 2.59. The fraction of sp³-hybridized carbons (Fsp3) is 0.200. The monoisotopic (exact) mass is 326 g/mol. The molecule has 1 atom stereocenters. The van der Waals surface area contributed by atoms with Crippen molar-refractivity contribution in [2.24, 2.45) is 0 Å². The second-order valence-corrected chi connectivity index (χ2v) is 5.32. The zero-order chi connectivity index (χ0) is 14.2. The van der Waals surface area contributed by atoms with Gasteiger partial charge in [0.2, 0.25) is 0 Å². The number of benzene rings is 2. The van der Waals surface area contributed by atoms with Crippen LogP contribution in [0.3, 0.4) is 0 Å². The van der Waals surface area contributed by atoms with Crippen LogP contribution in [-0.2, 0) is 0 Å². The van der Waals surface area contributed by atoms with Crippen molar-refractivity contribution in [2.75, 3.05) is 0 Å². The molecule has 0 aliphatic heterocycles. The predicted octanol–water partition coefficient (Wildman–Crippen LogP) is 4.43. The van der Waals surface area contributed by atoms with Gasteiger partial charge in [-0.15, -0.1) is 0 Å². The van der Waals surface area contributed by atoms with Crippen LogP contribution in [0.25, 0.3) is 0 Å². The molecule has 0 aliphatic rings. The quantitative estimate of drug-likeness (QED) is 0.809. The summed E-state index contributed by atoms with van der Waals surface area (Å²) in [6, 6.07) is 8.00. The Labute approximate surface area is 119 Å². The van der Waals surface area contributed by atoms with Crippen molar-refractivity contribution in [3.8, 4) is 0 Å². The molecule has 19 heavy (non-hydrogen) atoms. The molecule has 1 N–H and O–H groups in total. The average molecular weight is 327 g/mol. The van der Waals surface area contributed by atoms with Gasteiger partial charge in [-0.2, -0.15) is 0 Å². The highest BCUT2D eigenvalue weighted by Gasteiger charge is 2.19. The Bertz CT molecular complexity index is 626. The largest absolute Gasteiger partial charge is 0.384 e. The number of rotatable bonds is 2. The third kappa shape index (κ3) is 2.69. The van der Waals surface area contributed by atoms with Gasteiger partial charge in [0.1, 0.15) is 6.10 Å². The van der Waals surface area contributed by atoms with Crippen molar-refractivity contribution >= 4 is 15.9 Å². The number of aryl methyl sites for hydroxylation is 2. The molecule has 0 heterocycles. The third-order valence-electron chi connectivity index (χ3n) is 3.08. The average Bonchev–Trinajstić information content (AvgIpc) is 2.35. The van der Waals surface area contributed by atoms with E-state index in [0.717, 1.165) is 17.2 Å². The van der Waals surface area contributed by atoms with Gasteiger partial charge in [-0.25, -0.2) is 8.78 Å². The maximum Gasteiger partial charge on any atom is 0.173 e. The molecular formula is C15H13BrF2O. The number of aliphatic hydroxyl groups excluding tert-OH is 1. The standard InChI is InChI=1S/C15H13BrF2O/c1-8-3-4-10(9(2)7-8)15(19)11-5-6-12(17)14(18)13(11)16/h3-7,15,19H,1-2H3. The van der Waals surface area contributed by atoms with E-state index >= 15 is 0 Å². The van der Waals surface area contributed by atoms with E-state index in [9.17, 15) is 13.9 Å². The summed E-state index contributed by atoms with van der Waals surface area (Å²) < 4.78 is 26.5. The summed E-state index contributed by atoms with van der Waals surface area (Å²) in [5, 5.41) is 10.3. The minimum Gasteiger partial charge on any atom is -0.384 e. The van der Waals surface area contributed by atoms with Gasteiger partial charge in [0.15, 0.2) is 11.6 Å². The Kier molecular flexibility index (Phi) is 4.02. The summed E-state index contributed by atoms with van der Waals surface area (Å²) in [5.74, 6) is -1.93. The molecule has 2 aromatic rings. The third-order valence-corrected chi connectivity index (χ3v) is 3.89. The molecule has 0 saturated carbocycles. The van der Waals surface area contributed by atoms with Crippen molar-refractivity contribution in [3.05, 3.63) is 68.7 Å². The van der Waals surface area contributed by atoms with E-state index in [4.69, 9.17) is 0 Å². The lowest BCUT2D eigenvalue weighted by molar-refractivity contribution is 0.218. The highest BCUT2D eigenvalue weighted by Crippen LogP contribution is 2.32. The molecule has 0 aliphatic carbocycles. The van der Waals surface area contributed by atoms with Crippen LogP contribution in [0.4, 0.5) is 8.78 Å². The molecule has 0 bridgehead atoms. The Hall–Kier alpha value is -1.26. The van der Waals surface area contributed by atoms with E-state index in [-0.39, 0.29) is 4.47 Å². The van der Waals surface area contributed by atoms with Crippen molar-refractivity contribution < 1.29 is 13.9 Å². The minimum atomic E-state index is -0.995. The van der Waals surface area contributed by atoms with Crippen molar-refractivity contribution in [3.63, 3.8) is 0 Å². The van der Waals surface area contributed by atoms with Gasteiger partial charge in [-0.3, -0.25) is 0 Å². The molecule has 4 heteroatoms. The second kappa shape index (κ2) is 5.39. The lowest BCUT2D eigenvalue weighted by atomic mass is 9.96. The first-order valence-electron chi connectivity index (χ1n) is 5.80. The normalized spacial score (nSPS) is 12.5. The van der Waals surface area contributed by atoms with Crippen LogP contribution in [0.5, 0.6) is 0 Å². The maximum absolute atomic E-state index is 13.5. The molecule has 100 valence electrons. The van der Waals surface area contributed by atoms with E-state index in [1.165, 1.54) is 6.07 Å². The number of halogens is 3. The molecule has 0 radical (unpaired) electrons. The van der Waals surface area contributed by atoms with E-state index in [1.54, 1.807) is 6.07 Å². The van der Waals surface area contributed by atoms with Gasteiger partial charge >= 0.3 is 0 Å². The smallest absolute Gasteiger partial charge is 0.173 e. The first kappa shape index (κ1) is 14.2. The van der Waals surface area contributed by atoms with Crippen molar-refractivity contribution in [1.82, 2.24) is 0 Å². The SMILES string of the molecule is Cc1ccc(C(O)c2ccc(F)c(F)c2Br)c(C)c1. The lowest BCUT2D eigenvalue weighted by Gasteiger charge is -2.16. The molecule has 1 nitrogen and oxygen atoms in total. The van der Waals surface area contributed by atoms with Gasteiger partial charge in [-0.1, -0.05) is 29.8 Å². The summed E-state index contributed by atoms with van der Waals surface area (Å²) in [7, 11) is 0. The van der Waals surface area contributed by atoms with Gasteiger partial charge in [0.25, 0.3) is 0 Å². The molecule has 0 fully saturated rings. The van der Waals surface area contributed by atoms with Crippen LogP contribution in [0.1, 0.15) is 28.4 Å². The molecule has 0 aromatic heterocycles. The Morgan fingerprint density at radius 2 is 1.68 bits per heavy atom. The van der Waals surface area contributed by atoms with Gasteiger partial charge in [-0.05, 0) is 47.0 Å². The number of hydrogen-bond donors (Lipinski definition) is 1. The molecule has 2 rings (SSSR count). The molecule has 0 spiro atoms. The van der Waals surface area contributed by atoms with Crippen LogP contribution >= 0.6 is 15.9 Å². The Morgan fingerprint density at radius 3 is 2.32 bits per heavy atom. The molecule has 2 aromatic carbocycles. The Balaban J connectivity index is 2.50. The summed E-state index contributed by atoms with van der Waals surface area (Å²) >= 11 is 2.99. The molecular weight excluding hydrogens is 314 g/mol. The zero-order valence-electron chi connectivity index (χ0n) is 10.5. The van der Waals surface area contributed by atoms with Crippen LogP contribution in [-0.4, -0.2) is 5.11 Å². The summed E-state index contributed by atoms with van der Waals surface area (Å²) in [6.07, 6.45) is -0.995. The molecule has 1 unspecified atom stereocenters. The topological polar surface area (TPSA) is 20.2 Å². The van der Waals surface area contributed by atoms with Crippen LogP contribution in [0, 0.1) is 25.5 Å². The second-order valence-electron chi connectivity index (χ2n) is 4.53. The van der Waals surface area contributed by atoms with E-state index in [2.05, 4.69) is 15.9 Å². The van der Waals surface area contributed by atoms with E-state index in [1.807, 2.05) is 26.0 Å². The summed E-state index contributed by atoms with van der Waals surface area (Å²) in [5.41, 5.74) is 2.98. The van der Waals surface area contributed by atoms with Crippen LogP contribution in [0.15, 0.2) is 34.8 Å². The fourth-order valence-electron chi connectivity index (χ4n) is 2.05. The van der Waals surface area contributed by atoms with Crippen molar-refractivity contribution in [2.45, 2.75) is 20.0 Å². The van der Waals surface area contributed by atoms with E-state index < -0.39 is 17.7 Å². The van der Waals surface area contributed by atoms with Gasteiger partial charge < -0.3 is 5.11 Å². The highest BCUT2D eigenvalue weighted by molar-refractivity contribution is 9.10. The summed E-state index contributed by atoms with van der Waals surface area (Å²) in [6.45, 7) is 3.83. The van der Waals surface area contributed by atoms with Crippen LogP contribution in [0.2, 0.25) is 0 Å². The Morgan fingerprint density at radius 1 is 1.05 bits per heavy atom. The summed E-state index contributed by atoms with van der Waals surface area (Å²) in [4.78, 5) is 0. The number of aliphatic hydroxyl groups is 1. The van der Waals surface area contributed by atoms with Gasteiger partial charge in [0, 0.05) is 5.56 Å². The minimum absolute atomic E-state index is 0.0417. The molecule has 0 saturated heterocycles.